The Kier molecular flexibility index (Phi) is 4.35. The number of phenols is 1. The molecule has 0 bridgehead atoms. The van der Waals surface area contributed by atoms with Crippen molar-refractivity contribution in [2.45, 2.75) is 27.2 Å². The van der Waals surface area contributed by atoms with E-state index in [-0.39, 0.29) is 0 Å². The van der Waals surface area contributed by atoms with Gasteiger partial charge in [0.2, 0.25) is 0 Å². The van der Waals surface area contributed by atoms with Gasteiger partial charge in [0.05, 0.1) is 11.5 Å². The molecule has 2 aromatic carbocycles. The van der Waals surface area contributed by atoms with Crippen molar-refractivity contribution >= 4 is 22.7 Å². The maximum atomic E-state index is 10.2. The maximum absolute atomic E-state index is 10.2. The number of aromatic hydroxyl groups is 1. The topological polar surface area (TPSA) is 105 Å². The van der Waals surface area contributed by atoms with E-state index < -0.39 is 0 Å². The van der Waals surface area contributed by atoms with E-state index in [4.69, 9.17) is 5.73 Å². The number of nitrogens with two attached hydrogens (primary N) is 1. The molecule has 2 heterocycles. The second-order valence-corrected chi connectivity index (χ2v) is 6.78. The second-order valence-electron chi connectivity index (χ2n) is 6.78. The van der Waals surface area contributed by atoms with Gasteiger partial charge in [-0.15, -0.1) is 10.2 Å². The molecule has 0 spiro atoms. The number of rotatable bonds is 4. The first-order chi connectivity index (χ1) is 13.5. The molecule has 0 saturated heterocycles. The highest BCUT2D eigenvalue weighted by Gasteiger charge is 2.20. The second kappa shape index (κ2) is 6.84. The van der Waals surface area contributed by atoms with Crippen LogP contribution in [0.4, 0.5) is 5.95 Å². The molecule has 7 heteroatoms. The molecule has 0 atom stereocenters. The van der Waals surface area contributed by atoms with Crippen molar-refractivity contribution in [2.75, 3.05) is 0 Å². The van der Waals surface area contributed by atoms with Crippen LogP contribution < -0.4 is 5.73 Å². The van der Waals surface area contributed by atoms with E-state index >= 15 is 0 Å². The van der Waals surface area contributed by atoms with Crippen LogP contribution in [0.5, 0.6) is 5.75 Å². The first kappa shape index (κ1) is 17.8. The van der Waals surface area contributed by atoms with Gasteiger partial charge >= 0.3 is 0 Å². The van der Waals surface area contributed by atoms with E-state index in [2.05, 4.69) is 20.2 Å². The lowest BCUT2D eigenvalue weighted by Gasteiger charge is -2.13. The molecule has 142 valence electrons. The van der Waals surface area contributed by atoms with Gasteiger partial charge in [0.25, 0.3) is 5.95 Å². The summed E-state index contributed by atoms with van der Waals surface area (Å²) in [7, 11) is 0. The summed E-state index contributed by atoms with van der Waals surface area (Å²) in [5.74, 6) is 1.76. The van der Waals surface area contributed by atoms with Gasteiger partial charge in [0.1, 0.15) is 5.75 Å². The van der Waals surface area contributed by atoms with Crippen LogP contribution in [-0.2, 0) is 6.42 Å². The van der Waals surface area contributed by atoms with Crippen LogP contribution in [0.3, 0.4) is 0 Å². The fraction of sp³-hybridized carbons (Fsp3) is 0.190. The third-order valence-corrected chi connectivity index (χ3v) is 4.78. The van der Waals surface area contributed by atoms with Crippen molar-refractivity contribution in [3.63, 3.8) is 0 Å². The normalized spacial score (nSPS) is 12.0. The van der Waals surface area contributed by atoms with Crippen molar-refractivity contribution < 1.29 is 5.11 Å². The number of H-pyrrole nitrogens is 1. The minimum atomic E-state index is 0.290. The van der Waals surface area contributed by atoms with E-state index in [9.17, 15) is 5.11 Å². The summed E-state index contributed by atoms with van der Waals surface area (Å²) in [5, 5.41) is 20.0. The van der Waals surface area contributed by atoms with Crippen molar-refractivity contribution in [1.29, 1.82) is 0 Å². The number of aromatic amines is 1. The highest BCUT2D eigenvalue weighted by atomic mass is 16.3. The van der Waals surface area contributed by atoms with Crippen LogP contribution in [0.15, 0.2) is 47.6 Å². The fourth-order valence-corrected chi connectivity index (χ4v) is 3.43. The molecule has 4 N–H and O–H groups in total. The molecule has 0 aliphatic carbocycles. The van der Waals surface area contributed by atoms with Crippen LogP contribution in [0.25, 0.3) is 28.0 Å². The van der Waals surface area contributed by atoms with Gasteiger partial charge in [0, 0.05) is 22.7 Å². The van der Waals surface area contributed by atoms with Crippen molar-refractivity contribution in [2.24, 2.45) is 10.7 Å². The summed E-state index contributed by atoms with van der Waals surface area (Å²) >= 11 is 0. The van der Waals surface area contributed by atoms with Gasteiger partial charge in [-0.1, -0.05) is 13.0 Å². The molecule has 0 saturated carbocycles. The van der Waals surface area contributed by atoms with Crippen molar-refractivity contribution in [3.05, 3.63) is 53.7 Å². The average molecular weight is 374 g/mol. The number of hydrogen-bond donors (Lipinski definition) is 3. The lowest BCUT2D eigenvalue weighted by molar-refractivity contribution is 0.468. The Bertz CT molecular complexity index is 1200. The molecule has 4 aromatic rings. The van der Waals surface area contributed by atoms with Crippen molar-refractivity contribution in [3.8, 4) is 22.8 Å². The Morgan fingerprint density at radius 3 is 2.82 bits per heavy atom. The molecule has 7 nitrogen and oxygen atoms in total. The molecule has 28 heavy (non-hydrogen) atoms. The zero-order chi connectivity index (χ0) is 19.8. The monoisotopic (exact) mass is 374 g/mol. The van der Waals surface area contributed by atoms with E-state index in [1.54, 1.807) is 13.0 Å². The van der Waals surface area contributed by atoms with Crippen LogP contribution in [0.1, 0.15) is 25.0 Å². The Morgan fingerprint density at radius 2 is 2.07 bits per heavy atom. The van der Waals surface area contributed by atoms with Crippen LogP contribution in [-0.4, -0.2) is 30.7 Å². The Morgan fingerprint density at radius 1 is 1.25 bits per heavy atom. The maximum Gasteiger partial charge on any atom is 0.257 e. The number of phenolic OH excluding ortho intramolecular Hbond substituents is 1. The summed E-state index contributed by atoms with van der Waals surface area (Å²) in [6.45, 7) is 5.67. The molecule has 0 fully saturated rings. The third kappa shape index (κ3) is 2.90. The summed E-state index contributed by atoms with van der Waals surface area (Å²) in [6, 6.07) is 11.7. The van der Waals surface area contributed by atoms with E-state index in [1.807, 2.05) is 54.9 Å². The van der Waals surface area contributed by atoms with Gasteiger partial charge in [0.15, 0.2) is 5.82 Å². The number of hydrogen-bond acceptors (Lipinski definition) is 4. The fourth-order valence-electron chi connectivity index (χ4n) is 3.43. The SMILES string of the molecule is CCc1cc(-c2nnc(N=C(C)N)n2-c2cccc3[nH]ccc23)c(C)cc1O. The number of aliphatic imine (C=N–C) groups is 1. The lowest BCUT2D eigenvalue weighted by atomic mass is 10.0. The van der Waals surface area contributed by atoms with E-state index in [0.717, 1.165) is 33.3 Å². The number of amidine groups is 1. The van der Waals surface area contributed by atoms with Gasteiger partial charge in [-0.3, -0.25) is 4.57 Å². The first-order valence-corrected chi connectivity index (χ1v) is 9.15. The zero-order valence-corrected chi connectivity index (χ0v) is 16.1. The standard InChI is InChI=1S/C21H22N6O/c1-4-14-11-16(12(2)10-19(14)28)20-25-26-21(24-13(3)22)27(20)18-7-5-6-17-15(18)8-9-23-17/h5-11,23,28H,4H2,1-3H3,(H2,22,24,26). The van der Waals surface area contributed by atoms with Gasteiger partial charge in [-0.2, -0.15) is 4.99 Å². The van der Waals surface area contributed by atoms with Crippen molar-refractivity contribution in [1.82, 2.24) is 19.7 Å². The van der Waals surface area contributed by atoms with Gasteiger partial charge in [-0.25, -0.2) is 0 Å². The molecule has 2 aromatic heterocycles. The minimum Gasteiger partial charge on any atom is -0.508 e. The smallest absolute Gasteiger partial charge is 0.257 e. The Balaban J connectivity index is 2.05. The van der Waals surface area contributed by atoms with Crippen LogP contribution in [0, 0.1) is 6.92 Å². The first-order valence-electron chi connectivity index (χ1n) is 9.15. The average Bonchev–Trinajstić information content (AvgIpc) is 3.28. The largest absolute Gasteiger partial charge is 0.508 e. The molecule has 0 amide bonds. The molecule has 0 aliphatic rings. The zero-order valence-electron chi connectivity index (χ0n) is 16.1. The van der Waals surface area contributed by atoms with Crippen LogP contribution >= 0.6 is 0 Å². The number of aryl methyl sites for hydroxylation is 2. The number of nitrogens with zero attached hydrogens (tertiary/aromatic N) is 4. The molecular weight excluding hydrogens is 352 g/mol. The molecule has 0 unspecified atom stereocenters. The number of fused-ring (bicyclic) bond motifs is 1. The lowest BCUT2D eigenvalue weighted by Crippen LogP contribution is -2.06. The predicted molar refractivity (Wildman–Crippen MR) is 111 cm³/mol. The summed E-state index contributed by atoms with van der Waals surface area (Å²) in [6.07, 6.45) is 2.61. The van der Waals surface area contributed by atoms with Gasteiger partial charge in [-0.05, 0) is 61.7 Å². The molecule has 4 rings (SSSR count). The molecule has 0 aliphatic heterocycles. The third-order valence-electron chi connectivity index (χ3n) is 4.78. The van der Waals surface area contributed by atoms with E-state index in [1.165, 1.54) is 0 Å². The summed E-state index contributed by atoms with van der Waals surface area (Å²) < 4.78 is 1.91. The number of benzene rings is 2. The van der Waals surface area contributed by atoms with E-state index in [0.29, 0.717) is 29.8 Å². The van der Waals surface area contributed by atoms with Crippen LogP contribution in [0.2, 0.25) is 0 Å². The molecule has 0 radical (unpaired) electrons. The number of aromatic nitrogens is 4. The molecular formula is C21H22N6O. The quantitative estimate of drug-likeness (QED) is 0.371. The Hall–Kier alpha value is -3.61. The highest BCUT2D eigenvalue weighted by molar-refractivity contribution is 5.89. The Labute approximate surface area is 162 Å². The highest BCUT2D eigenvalue weighted by Crippen LogP contribution is 2.34. The predicted octanol–water partition coefficient (Wildman–Crippen LogP) is 4.00. The summed E-state index contributed by atoms with van der Waals surface area (Å²) in [4.78, 5) is 7.62. The van der Waals surface area contributed by atoms with Gasteiger partial charge < -0.3 is 15.8 Å². The number of nitrogens with one attached hydrogen (secondary N) is 1. The minimum absolute atomic E-state index is 0.290. The summed E-state index contributed by atoms with van der Waals surface area (Å²) in [5.41, 5.74) is 10.4.